The van der Waals surface area contributed by atoms with Crippen molar-refractivity contribution in [1.82, 2.24) is 0 Å². The largest absolute Gasteiger partial charge is 0.422 e. The molecule has 1 aromatic rings. The molecule has 0 atom stereocenters. The minimum atomic E-state index is -5.03. The number of halogens is 5. The molecule has 14 heavy (non-hydrogen) atoms. The van der Waals surface area contributed by atoms with Crippen LogP contribution in [0, 0.1) is 0 Å². The summed E-state index contributed by atoms with van der Waals surface area (Å²) in [6, 6.07) is 5.96. The molecule has 76 valence electrons. The molecule has 0 nitrogen and oxygen atoms in total. The lowest BCUT2D eigenvalue weighted by molar-refractivity contribution is -0.0711. The highest BCUT2D eigenvalue weighted by molar-refractivity contribution is 5.70. The van der Waals surface area contributed by atoms with E-state index in [1.165, 1.54) is 18.2 Å². The lowest BCUT2D eigenvalue weighted by Gasteiger charge is -2.09. The number of allylic oxidation sites excluding steroid dienone is 1. The van der Waals surface area contributed by atoms with Crippen LogP contribution >= 0.6 is 0 Å². The van der Waals surface area contributed by atoms with Gasteiger partial charge in [0.2, 0.25) is 0 Å². The van der Waals surface area contributed by atoms with Gasteiger partial charge in [0.1, 0.15) is 5.57 Å². The van der Waals surface area contributed by atoms with Gasteiger partial charge in [-0.2, -0.15) is 22.0 Å². The summed E-state index contributed by atoms with van der Waals surface area (Å²) in [5.41, 5.74) is -2.40. The number of benzene rings is 1. The van der Waals surface area contributed by atoms with Gasteiger partial charge in [-0.1, -0.05) is 30.3 Å². The van der Waals surface area contributed by atoms with Crippen LogP contribution in [0.25, 0.3) is 5.57 Å². The summed E-state index contributed by atoms with van der Waals surface area (Å²) in [5.74, 6) is 0. The van der Waals surface area contributed by atoms with Crippen LogP contribution in [0.4, 0.5) is 22.0 Å². The fourth-order valence-electron chi connectivity index (χ4n) is 0.985. The van der Waals surface area contributed by atoms with Crippen LogP contribution < -0.4 is 0 Å². The van der Waals surface area contributed by atoms with E-state index < -0.39 is 23.4 Å². The first-order valence-electron chi connectivity index (χ1n) is 3.61. The summed E-state index contributed by atoms with van der Waals surface area (Å²) < 4.78 is 60.4. The molecule has 0 radical (unpaired) electrons. The molecule has 0 bridgehead atoms. The molecule has 0 saturated carbocycles. The molecule has 5 heteroatoms. The predicted octanol–water partition coefficient (Wildman–Crippen LogP) is 3.86. The van der Waals surface area contributed by atoms with Crippen LogP contribution in [-0.2, 0) is 0 Å². The molecule has 0 aromatic heterocycles. The molecule has 0 fully saturated rings. The monoisotopic (exact) mass is 208 g/mol. The Kier molecular flexibility index (Phi) is 2.88. The first-order chi connectivity index (χ1) is 6.43. The second-order valence-corrected chi connectivity index (χ2v) is 2.50. The molecule has 0 saturated heterocycles. The minimum absolute atomic E-state index is 0.528. The SMILES string of the molecule is FC(F)=C(c1ccccc1)C(F)(F)F. The maximum Gasteiger partial charge on any atom is 0.422 e. The van der Waals surface area contributed by atoms with E-state index in [4.69, 9.17) is 0 Å². The van der Waals surface area contributed by atoms with Gasteiger partial charge in [-0.05, 0) is 5.56 Å². The van der Waals surface area contributed by atoms with Crippen LogP contribution in [-0.4, -0.2) is 6.18 Å². The lowest BCUT2D eigenvalue weighted by Crippen LogP contribution is -2.11. The number of hydrogen-bond acceptors (Lipinski definition) is 0. The Bertz CT molecular complexity index is 332. The summed E-state index contributed by atoms with van der Waals surface area (Å²) >= 11 is 0. The fourth-order valence-corrected chi connectivity index (χ4v) is 0.985. The molecule has 0 aliphatic rings. The van der Waals surface area contributed by atoms with Gasteiger partial charge in [-0.15, -0.1) is 0 Å². The van der Waals surface area contributed by atoms with E-state index in [1.54, 1.807) is 0 Å². The Balaban J connectivity index is 3.24. The Hall–Kier alpha value is -1.39. The highest BCUT2D eigenvalue weighted by Crippen LogP contribution is 2.36. The Morgan fingerprint density at radius 3 is 1.79 bits per heavy atom. The Morgan fingerprint density at radius 2 is 1.43 bits per heavy atom. The molecule has 0 heterocycles. The van der Waals surface area contributed by atoms with Crippen molar-refractivity contribution in [2.45, 2.75) is 6.18 Å². The first-order valence-corrected chi connectivity index (χ1v) is 3.61. The van der Waals surface area contributed by atoms with Gasteiger partial charge >= 0.3 is 6.18 Å². The summed E-state index contributed by atoms with van der Waals surface area (Å²) in [5, 5.41) is 0. The van der Waals surface area contributed by atoms with Gasteiger partial charge < -0.3 is 0 Å². The van der Waals surface area contributed by atoms with Gasteiger partial charge in [0.15, 0.2) is 0 Å². The van der Waals surface area contributed by atoms with E-state index in [1.807, 2.05) is 0 Å². The van der Waals surface area contributed by atoms with E-state index in [2.05, 4.69) is 0 Å². The third kappa shape index (κ3) is 2.31. The van der Waals surface area contributed by atoms with E-state index in [0.29, 0.717) is 0 Å². The Labute approximate surface area is 76.7 Å². The third-order valence-electron chi connectivity index (χ3n) is 1.53. The van der Waals surface area contributed by atoms with E-state index >= 15 is 0 Å². The molecule has 0 amide bonds. The summed E-state index contributed by atoms with van der Waals surface area (Å²) in [6.45, 7) is 0. The molecule has 0 aliphatic heterocycles. The Morgan fingerprint density at radius 1 is 0.929 bits per heavy atom. The standard InChI is InChI=1S/C9H5F5/c10-8(11)7(9(12,13)14)6-4-2-1-3-5-6/h1-5H. The van der Waals surface area contributed by atoms with Gasteiger partial charge in [-0.25, -0.2) is 0 Å². The molecule has 1 rings (SSSR count). The second kappa shape index (κ2) is 3.77. The van der Waals surface area contributed by atoms with Crippen LogP contribution in [0.5, 0.6) is 0 Å². The number of rotatable bonds is 1. The van der Waals surface area contributed by atoms with Crippen molar-refractivity contribution in [2.24, 2.45) is 0 Å². The quantitative estimate of drug-likeness (QED) is 0.615. The highest BCUT2D eigenvalue weighted by atomic mass is 19.4. The average molecular weight is 208 g/mol. The van der Waals surface area contributed by atoms with Crippen molar-refractivity contribution in [3.63, 3.8) is 0 Å². The van der Waals surface area contributed by atoms with Crippen LogP contribution in [0.2, 0.25) is 0 Å². The topological polar surface area (TPSA) is 0 Å². The van der Waals surface area contributed by atoms with Crippen molar-refractivity contribution < 1.29 is 22.0 Å². The van der Waals surface area contributed by atoms with Crippen molar-refractivity contribution >= 4 is 5.57 Å². The van der Waals surface area contributed by atoms with Gasteiger partial charge in [0.25, 0.3) is 6.08 Å². The molecule has 0 unspecified atom stereocenters. The smallest absolute Gasteiger partial charge is 0.173 e. The second-order valence-electron chi connectivity index (χ2n) is 2.50. The zero-order chi connectivity index (χ0) is 10.8. The normalized spacial score (nSPS) is 11.2. The van der Waals surface area contributed by atoms with Crippen molar-refractivity contribution in [3.8, 4) is 0 Å². The van der Waals surface area contributed by atoms with Crippen LogP contribution in [0.1, 0.15) is 5.56 Å². The lowest BCUT2D eigenvalue weighted by atomic mass is 10.1. The van der Waals surface area contributed by atoms with Gasteiger partial charge in [0.05, 0.1) is 0 Å². The van der Waals surface area contributed by atoms with E-state index in [0.717, 1.165) is 12.1 Å². The third-order valence-corrected chi connectivity index (χ3v) is 1.53. The summed E-state index contributed by atoms with van der Waals surface area (Å²) in [4.78, 5) is 0. The van der Waals surface area contributed by atoms with E-state index in [-0.39, 0.29) is 0 Å². The number of alkyl halides is 3. The first kappa shape index (κ1) is 10.7. The fraction of sp³-hybridized carbons (Fsp3) is 0.111. The highest BCUT2D eigenvalue weighted by Gasteiger charge is 2.38. The predicted molar refractivity (Wildman–Crippen MR) is 41.6 cm³/mol. The molecule has 1 aromatic carbocycles. The maximum absolute atomic E-state index is 12.1. The zero-order valence-electron chi connectivity index (χ0n) is 6.78. The molecular formula is C9H5F5. The summed E-state index contributed by atoms with van der Waals surface area (Å²) in [7, 11) is 0. The number of hydrogen-bond donors (Lipinski definition) is 0. The van der Waals surface area contributed by atoms with Crippen molar-refractivity contribution in [1.29, 1.82) is 0 Å². The molecule has 0 aliphatic carbocycles. The maximum atomic E-state index is 12.1. The zero-order valence-corrected chi connectivity index (χ0v) is 6.78. The van der Waals surface area contributed by atoms with Crippen molar-refractivity contribution in [3.05, 3.63) is 42.0 Å². The van der Waals surface area contributed by atoms with Crippen LogP contribution in [0.15, 0.2) is 36.4 Å². The van der Waals surface area contributed by atoms with Gasteiger partial charge in [-0.3, -0.25) is 0 Å². The average Bonchev–Trinajstić information content (AvgIpc) is 2.02. The van der Waals surface area contributed by atoms with E-state index in [9.17, 15) is 22.0 Å². The molecular weight excluding hydrogens is 203 g/mol. The summed E-state index contributed by atoms with van der Waals surface area (Å²) in [6.07, 6.45) is -7.75. The van der Waals surface area contributed by atoms with Gasteiger partial charge in [0, 0.05) is 0 Å². The minimum Gasteiger partial charge on any atom is -0.173 e. The van der Waals surface area contributed by atoms with Crippen LogP contribution in [0.3, 0.4) is 0 Å². The molecule has 0 N–H and O–H groups in total. The van der Waals surface area contributed by atoms with Crippen molar-refractivity contribution in [2.75, 3.05) is 0 Å². The molecule has 0 spiro atoms.